The van der Waals surface area contributed by atoms with Crippen molar-refractivity contribution in [1.29, 1.82) is 0 Å². The zero-order chi connectivity index (χ0) is 25.7. The Morgan fingerprint density at radius 1 is 1.06 bits per heavy atom. The van der Waals surface area contributed by atoms with Crippen molar-refractivity contribution in [2.24, 2.45) is 0 Å². The van der Waals surface area contributed by atoms with E-state index in [1.807, 2.05) is 50.2 Å². The van der Waals surface area contributed by atoms with Crippen LogP contribution in [0.3, 0.4) is 0 Å². The fourth-order valence-electron chi connectivity index (χ4n) is 3.65. The number of carbonyl (C=O) groups is 2. The Balaban J connectivity index is 2.39. The zero-order valence-corrected chi connectivity index (χ0v) is 22.1. The number of amides is 2. The SMILES string of the molecule is CCNC(=O)[C@@H](C)N(Cc1cccc(C)c1)C(=O)CN(c1ccc(C(C)(C)C)cc1)S(C)(=O)=O. The van der Waals surface area contributed by atoms with Gasteiger partial charge in [0, 0.05) is 13.1 Å². The second-order valence-electron chi connectivity index (χ2n) is 9.65. The average molecular weight is 488 g/mol. The van der Waals surface area contributed by atoms with Crippen LogP contribution in [-0.2, 0) is 31.6 Å². The number of benzene rings is 2. The monoisotopic (exact) mass is 487 g/mol. The van der Waals surface area contributed by atoms with E-state index in [1.54, 1.807) is 19.1 Å². The Hall–Kier alpha value is -2.87. The number of nitrogens with one attached hydrogen (secondary N) is 1. The fourth-order valence-corrected chi connectivity index (χ4v) is 4.50. The topological polar surface area (TPSA) is 86.8 Å². The number of aryl methyl sites for hydroxylation is 1. The van der Waals surface area contributed by atoms with E-state index in [2.05, 4.69) is 26.1 Å². The lowest BCUT2D eigenvalue weighted by atomic mass is 9.87. The van der Waals surface area contributed by atoms with Gasteiger partial charge >= 0.3 is 0 Å². The van der Waals surface area contributed by atoms with E-state index in [1.165, 1.54) is 4.90 Å². The molecular weight excluding hydrogens is 450 g/mol. The Kier molecular flexibility index (Phi) is 8.89. The van der Waals surface area contributed by atoms with E-state index in [4.69, 9.17) is 0 Å². The highest BCUT2D eigenvalue weighted by molar-refractivity contribution is 7.92. The first-order chi connectivity index (χ1) is 15.7. The van der Waals surface area contributed by atoms with Gasteiger partial charge in [-0.15, -0.1) is 0 Å². The summed E-state index contributed by atoms with van der Waals surface area (Å²) in [5, 5.41) is 2.75. The molecule has 0 aromatic heterocycles. The summed E-state index contributed by atoms with van der Waals surface area (Å²) in [5.41, 5.74) is 3.28. The molecule has 0 aliphatic heterocycles. The summed E-state index contributed by atoms with van der Waals surface area (Å²) in [5.74, 6) is -0.741. The number of likely N-dealkylation sites (N-methyl/N-ethyl adjacent to an activating group) is 1. The number of hydrogen-bond acceptors (Lipinski definition) is 4. The first-order valence-corrected chi connectivity index (χ1v) is 13.3. The minimum Gasteiger partial charge on any atom is -0.355 e. The molecule has 0 fully saturated rings. The van der Waals surface area contributed by atoms with E-state index in [0.29, 0.717) is 12.2 Å². The largest absolute Gasteiger partial charge is 0.355 e. The normalized spacial score (nSPS) is 12.7. The Morgan fingerprint density at radius 2 is 1.68 bits per heavy atom. The van der Waals surface area contributed by atoms with Gasteiger partial charge in [-0.1, -0.05) is 62.7 Å². The van der Waals surface area contributed by atoms with E-state index in [0.717, 1.165) is 27.3 Å². The number of nitrogens with zero attached hydrogens (tertiary/aromatic N) is 2. The van der Waals surface area contributed by atoms with E-state index < -0.39 is 28.5 Å². The van der Waals surface area contributed by atoms with Gasteiger partial charge in [0.2, 0.25) is 21.8 Å². The van der Waals surface area contributed by atoms with Crippen LogP contribution in [0, 0.1) is 6.92 Å². The molecule has 186 valence electrons. The maximum atomic E-state index is 13.5. The minimum absolute atomic E-state index is 0.0864. The van der Waals surface area contributed by atoms with Crippen LogP contribution in [-0.4, -0.2) is 50.5 Å². The zero-order valence-electron chi connectivity index (χ0n) is 21.3. The molecule has 0 bridgehead atoms. The minimum atomic E-state index is -3.75. The highest BCUT2D eigenvalue weighted by Gasteiger charge is 2.30. The molecule has 0 unspecified atom stereocenters. The second kappa shape index (κ2) is 11.0. The van der Waals surface area contributed by atoms with E-state index in [-0.39, 0.29) is 17.9 Å². The van der Waals surface area contributed by atoms with Crippen LogP contribution in [0.5, 0.6) is 0 Å². The van der Waals surface area contributed by atoms with Gasteiger partial charge in [-0.25, -0.2) is 8.42 Å². The lowest BCUT2D eigenvalue weighted by Crippen LogP contribution is -2.51. The van der Waals surface area contributed by atoms with Gasteiger partial charge in [0.05, 0.1) is 11.9 Å². The van der Waals surface area contributed by atoms with E-state index in [9.17, 15) is 18.0 Å². The van der Waals surface area contributed by atoms with Crippen LogP contribution in [0.15, 0.2) is 48.5 Å². The maximum Gasteiger partial charge on any atom is 0.244 e. The summed E-state index contributed by atoms with van der Waals surface area (Å²) in [6, 6.07) is 14.1. The molecule has 0 radical (unpaired) electrons. The third kappa shape index (κ3) is 7.32. The number of anilines is 1. The van der Waals surface area contributed by atoms with E-state index >= 15 is 0 Å². The van der Waals surface area contributed by atoms with Crippen molar-refractivity contribution in [2.75, 3.05) is 23.7 Å². The van der Waals surface area contributed by atoms with Gasteiger partial charge in [0.25, 0.3) is 0 Å². The van der Waals surface area contributed by atoms with Gasteiger partial charge in [0.15, 0.2) is 0 Å². The van der Waals surface area contributed by atoms with Gasteiger partial charge in [-0.2, -0.15) is 0 Å². The van der Waals surface area contributed by atoms with Crippen LogP contribution in [0.1, 0.15) is 51.3 Å². The summed E-state index contributed by atoms with van der Waals surface area (Å²) in [4.78, 5) is 27.5. The molecule has 8 heteroatoms. The summed E-state index contributed by atoms with van der Waals surface area (Å²) in [6.45, 7) is 11.9. The van der Waals surface area contributed by atoms with Crippen molar-refractivity contribution in [3.63, 3.8) is 0 Å². The number of hydrogen-bond donors (Lipinski definition) is 1. The Labute approximate surface area is 204 Å². The summed E-state index contributed by atoms with van der Waals surface area (Å²) in [7, 11) is -3.75. The average Bonchev–Trinajstić information content (AvgIpc) is 2.74. The van der Waals surface area contributed by atoms with Crippen LogP contribution in [0.2, 0.25) is 0 Å². The highest BCUT2D eigenvalue weighted by atomic mass is 32.2. The molecule has 0 saturated carbocycles. The predicted octanol–water partition coefficient (Wildman–Crippen LogP) is 3.61. The summed E-state index contributed by atoms with van der Waals surface area (Å²) >= 11 is 0. The lowest BCUT2D eigenvalue weighted by molar-refractivity contribution is -0.139. The Bertz CT molecular complexity index is 1110. The molecule has 0 aliphatic carbocycles. The quantitative estimate of drug-likeness (QED) is 0.585. The van der Waals surface area contributed by atoms with Crippen molar-refractivity contribution in [1.82, 2.24) is 10.2 Å². The van der Waals surface area contributed by atoms with Gasteiger partial charge in [-0.3, -0.25) is 13.9 Å². The van der Waals surface area contributed by atoms with Crippen molar-refractivity contribution in [3.8, 4) is 0 Å². The van der Waals surface area contributed by atoms with Crippen LogP contribution in [0.4, 0.5) is 5.69 Å². The van der Waals surface area contributed by atoms with Crippen molar-refractivity contribution in [3.05, 3.63) is 65.2 Å². The first kappa shape index (κ1) is 27.4. The molecule has 0 heterocycles. The van der Waals surface area contributed by atoms with Crippen molar-refractivity contribution in [2.45, 2.75) is 59.5 Å². The van der Waals surface area contributed by atoms with Crippen molar-refractivity contribution < 1.29 is 18.0 Å². The fraction of sp³-hybridized carbons (Fsp3) is 0.462. The molecule has 7 nitrogen and oxygen atoms in total. The third-order valence-electron chi connectivity index (χ3n) is 5.65. The predicted molar refractivity (Wildman–Crippen MR) is 137 cm³/mol. The molecule has 0 saturated heterocycles. The van der Waals surface area contributed by atoms with Crippen molar-refractivity contribution >= 4 is 27.5 Å². The molecular formula is C26H37N3O4S. The van der Waals surface area contributed by atoms with Crippen LogP contribution in [0.25, 0.3) is 0 Å². The molecule has 2 aromatic rings. The van der Waals surface area contributed by atoms with Gasteiger partial charge < -0.3 is 10.2 Å². The molecule has 2 rings (SSSR count). The number of carbonyl (C=O) groups excluding carboxylic acids is 2. The molecule has 0 aliphatic rings. The van der Waals surface area contributed by atoms with Gasteiger partial charge in [-0.05, 0) is 49.4 Å². The summed E-state index contributed by atoms with van der Waals surface area (Å²) < 4.78 is 26.4. The van der Waals surface area contributed by atoms with Crippen LogP contribution >= 0.6 is 0 Å². The maximum absolute atomic E-state index is 13.5. The molecule has 34 heavy (non-hydrogen) atoms. The second-order valence-corrected chi connectivity index (χ2v) is 11.6. The summed E-state index contributed by atoms with van der Waals surface area (Å²) in [6.07, 6.45) is 1.08. The lowest BCUT2D eigenvalue weighted by Gasteiger charge is -2.31. The third-order valence-corrected chi connectivity index (χ3v) is 6.79. The molecule has 2 amide bonds. The smallest absolute Gasteiger partial charge is 0.244 e. The number of sulfonamides is 1. The molecule has 2 aromatic carbocycles. The molecule has 1 atom stereocenters. The molecule has 1 N–H and O–H groups in total. The van der Waals surface area contributed by atoms with Crippen LogP contribution < -0.4 is 9.62 Å². The van der Waals surface area contributed by atoms with Gasteiger partial charge in [0.1, 0.15) is 12.6 Å². The number of rotatable bonds is 9. The standard InChI is InChI=1S/C26H37N3O4S/c1-8-27-25(31)20(3)28(17-21-11-9-10-19(2)16-21)24(30)18-29(34(7,32)33)23-14-12-22(13-15-23)26(4,5)6/h9-16,20H,8,17-18H2,1-7H3,(H,27,31)/t20-/m1/s1. The first-order valence-electron chi connectivity index (χ1n) is 11.4. The highest BCUT2D eigenvalue weighted by Crippen LogP contribution is 2.26. The molecule has 0 spiro atoms. The Morgan fingerprint density at radius 3 is 2.18 bits per heavy atom.